The first-order valence-corrected chi connectivity index (χ1v) is 12.1. The molecule has 0 spiro atoms. The number of halogens is 1. The monoisotopic (exact) mass is 488 g/mol. The minimum absolute atomic E-state index is 0.0677. The van der Waals surface area contributed by atoms with Gasteiger partial charge < -0.3 is 14.8 Å². The third-order valence-electron chi connectivity index (χ3n) is 4.74. The van der Waals surface area contributed by atoms with Crippen molar-refractivity contribution in [2.45, 2.75) is 24.7 Å². The van der Waals surface area contributed by atoms with Gasteiger partial charge in [-0.05, 0) is 73.5 Å². The van der Waals surface area contributed by atoms with Gasteiger partial charge in [-0.1, -0.05) is 23.7 Å². The van der Waals surface area contributed by atoms with Crippen molar-refractivity contribution in [2.75, 3.05) is 23.8 Å². The number of carbonyl (C=O) groups excluding carboxylic acids is 1. The largest absolute Gasteiger partial charge is 0.495 e. The second kappa shape index (κ2) is 11.1. The number of para-hydroxylation sites is 2. The molecule has 9 heteroatoms. The fourth-order valence-corrected chi connectivity index (χ4v) is 4.36. The number of aryl methyl sites for hydroxylation is 1. The van der Waals surface area contributed by atoms with Crippen LogP contribution in [0, 0.1) is 6.92 Å². The van der Waals surface area contributed by atoms with Crippen LogP contribution in [0.5, 0.6) is 11.5 Å². The minimum atomic E-state index is -3.81. The van der Waals surface area contributed by atoms with Crippen LogP contribution >= 0.6 is 11.6 Å². The molecule has 0 bridgehead atoms. The Labute approximate surface area is 198 Å². The van der Waals surface area contributed by atoms with Gasteiger partial charge >= 0.3 is 0 Å². The molecular weight excluding hydrogens is 464 g/mol. The van der Waals surface area contributed by atoms with E-state index in [1.54, 1.807) is 48.5 Å². The molecule has 0 aliphatic carbocycles. The maximum Gasteiger partial charge on any atom is 0.262 e. The van der Waals surface area contributed by atoms with E-state index in [1.165, 1.54) is 19.2 Å². The van der Waals surface area contributed by atoms with Crippen molar-refractivity contribution < 1.29 is 22.7 Å². The summed E-state index contributed by atoms with van der Waals surface area (Å²) in [5.41, 5.74) is 1.78. The quantitative estimate of drug-likeness (QED) is 0.380. The summed E-state index contributed by atoms with van der Waals surface area (Å²) in [6.45, 7) is 2.30. The number of hydrogen-bond donors (Lipinski definition) is 2. The summed E-state index contributed by atoms with van der Waals surface area (Å²) < 4.78 is 38.7. The lowest BCUT2D eigenvalue weighted by Gasteiger charge is -2.12. The first kappa shape index (κ1) is 24.4. The van der Waals surface area contributed by atoms with E-state index in [-0.39, 0.29) is 17.2 Å². The average Bonchev–Trinajstić information content (AvgIpc) is 2.78. The first-order valence-electron chi connectivity index (χ1n) is 10.2. The second-order valence-corrected chi connectivity index (χ2v) is 9.36. The normalized spacial score (nSPS) is 11.0. The second-order valence-electron chi connectivity index (χ2n) is 7.24. The van der Waals surface area contributed by atoms with Crippen LogP contribution in [0.2, 0.25) is 5.02 Å². The van der Waals surface area contributed by atoms with E-state index in [0.717, 1.165) is 11.3 Å². The van der Waals surface area contributed by atoms with Crippen LogP contribution in [-0.4, -0.2) is 28.0 Å². The average molecular weight is 489 g/mol. The molecule has 0 fully saturated rings. The van der Waals surface area contributed by atoms with Crippen LogP contribution in [0.4, 0.5) is 11.4 Å². The maximum atomic E-state index is 12.7. The minimum Gasteiger partial charge on any atom is -0.495 e. The lowest BCUT2D eigenvalue weighted by atomic mass is 10.2. The van der Waals surface area contributed by atoms with Crippen LogP contribution in [-0.2, 0) is 14.8 Å². The van der Waals surface area contributed by atoms with Crippen molar-refractivity contribution in [3.63, 3.8) is 0 Å². The summed E-state index contributed by atoms with van der Waals surface area (Å²) in [5, 5.41) is 3.41. The number of sulfonamides is 1. The van der Waals surface area contributed by atoms with E-state index in [4.69, 9.17) is 21.1 Å². The summed E-state index contributed by atoms with van der Waals surface area (Å²) in [7, 11) is -2.34. The Morgan fingerprint density at radius 3 is 2.42 bits per heavy atom. The number of amides is 1. The van der Waals surface area contributed by atoms with Crippen molar-refractivity contribution in [3.8, 4) is 11.5 Å². The Balaban J connectivity index is 1.50. The highest BCUT2D eigenvalue weighted by Gasteiger charge is 2.16. The molecule has 0 saturated carbocycles. The van der Waals surface area contributed by atoms with Gasteiger partial charge in [-0.15, -0.1) is 0 Å². The maximum absolute atomic E-state index is 12.7. The Bertz CT molecular complexity index is 1210. The number of nitrogens with one attached hydrogen (secondary N) is 2. The highest BCUT2D eigenvalue weighted by Crippen LogP contribution is 2.26. The molecular formula is C24H25ClN2O5S. The molecule has 0 unspecified atom stereocenters. The molecule has 0 aromatic heterocycles. The predicted molar refractivity (Wildman–Crippen MR) is 130 cm³/mol. The molecule has 174 valence electrons. The molecule has 2 N–H and O–H groups in total. The Hall–Kier alpha value is -3.23. The SMILES string of the molecule is COc1ccccc1NS(=O)(=O)c1ccc(NC(=O)CCCOc2ccc(Cl)cc2C)cc1. The van der Waals surface area contributed by atoms with Gasteiger partial charge in [0.15, 0.2) is 0 Å². The molecule has 7 nitrogen and oxygen atoms in total. The molecule has 3 aromatic carbocycles. The number of carbonyl (C=O) groups is 1. The van der Waals surface area contributed by atoms with Gasteiger partial charge in [-0.25, -0.2) is 8.42 Å². The molecule has 3 aromatic rings. The summed E-state index contributed by atoms with van der Waals surface area (Å²) in [6.07, 6.45) is 0.797. The standard InChI is InChI=1S/C24H25ClN2O5S/c1-17-16-18(25)9-14-22(17)32-15-5-8-24(28)26-19-10-12-20(13-11-19)33(29,30)27-21-6-3-4-7-23(21)31-2/h3-4,6-7,9-14,16,27H,5,8,15H2,1-2H3,(H,26,28). The summed E-state index contributed by atoms with van der Waals surface area (Å²) >= 11 is 5.93. The highest BCUT2D eigenvalue weighted by atomic mass is 35.5. The first-order chi connectivity index (χ1) is 15.8. The molecule has 3 rings (SSSR count). The smallest absolute Gasteiger partial charge is 0.262 e. The van der Waals surface area contributed by atoms with Gasteiger partial charge in [-0.3, -0.25) is 9.52 Å². The fourth-order valence-electron chi connectivity index (χ4n) is 3.06. The molecule has 0 radical (unpaired) electrons. The lowest BCUT2D eigenvalue weighted by molar-refractivity contribution is -0.116. The van der Waals surface area contributed by atoms with Gasteiger partial charge in [0.25, 0.3) is 10.0 Å². The van der Waals surface area contributed by atoms with Gasteiger partial charge in [-0.2, -0.15) is 0 Å². The molecule has 0 aliphatic rings. The van der Waals surface area contributed by atoms with Crippen LogP contribution in [0.1, 0.15) is 18.4 Å². The van der Waals surface area contributed by atoms with Crippen molar-refractivity contribution in [2.24, 2.45) is 0 Å². The third kappa shape index (κ3) is 6.87. The van der Waals surface area contributed by atoms with E-state index in [0.29, 0.717) is 35.2 Å². The molecule has 0 saturated heterocycles. The van der Waals surface area contributed by atoms with E-state index >= 15 is 0 Å². The number of hydrogen-bond acceptors (Lipinski definition) is 5. The van der Waals surface area contributed by atoms with Gasteiger partial charge in [0, 0.05) is 17.1 Å². The van der Waals surface area contributed by atoms with Crippen LogP contribution in [0.25, 0.3) is 0 Å². The lowest BCUT2D eigenvalue weighted by Crippen LogP contribution is -2.15. The van der Waals surface area contributed by atoms with Crippen LogP contribution in [0.3, 0.4) is 0 Å². The number of methoxy groups -OCH3 is 1. The molecule has 33 heavy (non-hydrogen) atoms. The van der Waals surface area contributed by atoms with E-state index < -0.39 is 10.0 Å². The number of anilines is 2. The van der Waals surface area contributed by atoms with Crippen molar-refractivity contribution >= 4 is 38.9 Å². The summed E-state index contributed by atoms with van der Waals surface area (Å²) in [5.74, 6) is 0.965. The number of ether oxygens (including phenoxy) is 2. The van der Waals surface area contributed by atoms with Crippen LogP contribution in [0.15, 0.2) is 71.6 Å². The van der Waals surface area contributed by atoms with Gasteiger partial charge in [0.1, 0.15) is 11.5 Å². The topological polar surface area (TPSA) is 93.7 Å². The van der Waals surface area contributed by atoms with Crippen molar-refractivity contribution in [3.05, 3.63) is 77.3 Å². The zero-order valence-electron chi connectivity index (χ0n) is 18.3. The Kier molecular flexibility index (Phi) is 8.19. The number of benzene rings is 3. The summed E-state index contributed by atoms with van der Waals surface area (Å²) in [6, 6.07) is 18.1. The van der Waals surface area contributed by atoms with E-state index in [9.17, 15) is 13.2 Å². The zero-order valence-corrected chi connectivity index (χ0v) is 19.9. The zero-order chi connectivity index (χ0) is 23.8. The predicted octanol–water partition coefficient (Wildman–Crippen LogP) is 5.26. The molecule has 0 atom stereocenters. The molecule has 0 heterocycles. The van der Waals surface area contributed by atoms with Crippen molar-refractivity contribution in [1.29, 1.82) is 0 Å². The summed E-state index contributed by atoms with van der Waals surface area (Å²) in [4.78, 5) is 12.3. The molecule has 0 aliphatic heterocycles. The van der Waals surface area contributed by atoms with E-state index in [2.05, 4.69) is 10.0 Å². The number of rotatable bonds is 10. The fraction of sp³-hybridized carbons (Fsp3) is 0.208. The van der Waals surface area contributed by atoms with Gasteiger partial charge in [0.2, 0.25) is 5.91 Å². The highest BCUT2D eigenvalue weighted by molar-refractivity contribution is 7.92. The van der Waals surface area contributed by atoms with E-state index in [1.807, 2.05) is 13.0 Å². The van der Waals surface area contributed by atoms with Crippen LogP contribution < -0.4 is 19.5 Å². The molecule has 1 amide bonds. The third-order valence-corrected chi connectivity index (χ3v) is 6.36. The Morgan fingerprint density at radius 2 is 1.73 bits per heavy atom. The van der Waals surface area contributed by atoms with Gasteiger partial charge in [0.05, 0.1) is 24.3 Å². The van der Waals surface area contributed by atoms with Crippen molar-refractivity contribution in [1.82, 2.24) is 0 Å². The Morgan fingerprint density at radius 1 is 1.00 bits per heavy atom.